The normalized spacial score (nSPS) is 17.1. The van der Waals surface area contributed by atoms with E-state index in [-0.39, 0.29) is 25.0 Å². The second kappa shape index (κ2) is 7.19. The van der Waals surface area contributed by atoms with Crippen LogP contribution in [0.5, 0.6) is 0 Å². The molecule has 1 atom stereocenters. The van der Waals surface area contributed by atoms with Gasteiger partial charge in [-0.05, 0) is 17.5 Å². The van der Waals surface area contributed by atoms with Crippen LogP contribution in [0, 0.1) is 0 Å². The topological polar surface area (TPSA) is 78.9 Å². The Balaban J connectivity index is 2.05. The highest BCUT2D eigenvalue weighted by Gasteiger charge is 2.28. The summed E-state index contributed by atoms with van der Waals surface area (Å²) < 4.78 is 4.94. The highest BCUT2D eigenvalue weighted by molar-refractivity contribution is 5.86. The molecule has 0 aromatic heterocycles. The number of aliphatic carboxylic acids is 1. The molecule has 0 bridgehead atoms. The number of methoxy groups -OCH3 is 1. The van der Waals surface area contributed by atoms with Crippen molar-refractivity contribution in [3.05, 3.63) is 35.4 Å². The molecule has 6 nitrogen and oxygen atoms in total. The Labute approximate surface area is 123 Å². The Hall–Kier alpha value is -1.92. The Morgan fingerprint density at radius 2 is 2.10 bits per heavy atom. The van der Waals surface area contributed by atoms with Crippen LogP contribution >= 0.6 is 0 Å². The Kier molecular flexibility index (Phi) is 5.30. The largest absolute Gasteiger partial charge is 0.480 e. The minimum absolute atomic E-state index is 0.191. The van der Waals surface area contributed by atoms with Crippen LogP contribution in [0.25, 0.3) is 0 Å². The molecule has 1 aromatic carbocycles. The molecule has 1 heterocycles. The third-order valence-corrected chi connectivity index (χ3v) is 3.58. The van der Waals surface area contributed by atoms with Gasteiger partial charge in [0.15, 0.2) is 0 Å². The van der Waals surface area contributed by atoms with Crippen LogP contribution in [0.4, 0.5) is 0 Å². The average Bonchev–Trinajstić information content (AvgIpc) is 2.50. The lowest BCUT2D eigenvalue weighted by Gasteiger charge is -2.30. The number of ether oxygens (including phenoxy) is 1. The zero-order valence-electron chi connectivity index (χ0n) is 12.0. The lowest BCUT2D eigenvalue weighted by Crippen LogP contribution is -2.51. The summed E-state index contributed by atoms with van der Waals surface area (Å²) >= 11 is 0. The van der Waals surface area contributed by atoms with Crippen molar-refractivity contribution >= 4 is 11.9 Å². The van der Waals surface area contributed by atoms with Crippen molar-refractivity contribution in [3.63, 3.8) is 0 Å². The van der Waals surface area contributed by atoms with Gasteiger partial charge in [-0.3, -0.25) is 9.59 Å². The quantitative estimate of drug-likeness (QED) is 0.786. The SMILES string of the molecule is COCCN(CC(=O)O)C(=O)[C@@H]1Cc2ccccc2CN1. The molecule has 1 amide bonds. The Morgan fingerprint density at radius 3 is 2.76 bits per heavy atom. The van der Waals surface area contributed by atoms with Gasteiger partial charge in [-0.2, -0.15) is 0 Å². The van der Waals surface area contributed by atoms with Gasteiger partial charge in [0, 0.05) is 20.2 Å². The van der Waals surface area contributed by atoms with Crippen LogP contribution in [0.15, 0.2) is 24.3 Å². The van der Waals surface area contributed by atoms with Crippen LogP contribution in [0.3, 0.4) is 0 Å². The molecule has 0 radical (unpaired) electrons. The van der Waals surface area contributed by atoms with Crippen molar-refractivity contribution in [1.29, 1.82) is 0 Å². The summed E-state index contributed by atoms with van der Waals surface area (Å²) in [5.74, 6) is -1.21. The van der Waals surface area contributed by atoms with Crippen LogP contribution in [0.1, 0.15) is 11.1 Å². The number of rotatable bonds is 6. The van der Waals surface area contributed by atoms with E-state index in [0.29, 0.717) is 19.6 Å². The predicted octanol–water partition coefficient (Wildman–Crippen LogP) is 0.261. The van der Waals surface area contributed by atoms with Crippen molar-refractivity contribution in [3.8, 4) is 0 Å². The number of hydrogen-bond donors (Lipinski definition) is 2. The predicted molar refractivity (Wildman–Crippen MR) is 76.9 cm³/mol. The van der Waals surface area contributed by atoms with E-state index in [1.165, 1.54) is 17.6 Å². The molecule has 0 saturated heterocycles. The van der Waals surface area contributed by atoms with E-state index < -0.39 is 5.97 Å². The van der Waals surface area contributed by atoms with Crippen molar-refractivity contribution in [2.24, 2.45) is 0 Å². The number of carboxylic acids is 1. The number of carbonyl (C=O) groups is 2. The highest BCUT2D eigenvalue weighted by Crippen LogP contribution is 2.17. The highest BCUT2D eigenvalue weighted by atomic mass is 16.5. The van der Waals surface area contributed by atoms with E-state index in [2.05, 4.69) is 5.32 Å². The summed E-state index contributed by atoms with van der Waals surface area (Å²) in [4.78, 5) is 24.7. The van der Waals surface area contributed by atoms with Gasteiger partial charge in [0.05, 0.1) is 12.6 Å². The molecule has 0 fully saturated rings. The fraction of sp³-hybridized carbons (Fsp3) is 0.467. The molecule has 0 aliphatic carbocycles. The standard InChI is InChI=1S/C15H20N2O4/c1-21-7-6-17(10-14(18)19)15(20)13-8-11-4-2-3-5-12(11)9-16-13/h2-5,13,16H,6-10H2,1H3,(H,18,19)/t13-/m0/s1. The second-order valence-corrected chi connectivity index (χ2v) is 5.05. The Morgan fingerprint density at radius 1 is 1.38 bits per heavy atom. The minimum atomic E-state index is -1.02. The Bertz CT molecular complexity index is 518. The van der Waals surface area contributed by atoms with E-state index in [1.807, 2.05) is 24.3 Å². The number of benzene rings is 1. The molecule has 21 heavy (non-hydrogen) atoms. The number of carboxylic acid groups (broad SMARTS) is 1. The molecule has 2 N–H and O–H groups in total. The lowest BCUT2D eigenvalue weighted by molar-refractivity contribution is -0.145. The van der Waals surface area contributed by atoms with E-state index in [1.54, 1.807) is 0 Å². The maximum Gasteiger partial charge on any atom is 0.323 e. The molecular formula is C15H20N2O4. The van der Waals surface area contributed by atoms with Gasteiger partial charge in [-0.25, -0.2) is 0 Å². The number of nitrogens with one attached hydrogen (secondary N) is 1. The molecule has 6 heteroatoms. The summed E-state index contributed by atoms with van der Waals surface area (Å²) in [7, 11) is 1.53. The fourth-order valence-corrected chi connectivity index (χ4v) is 2.48. The van der Waals surface area contributed by atoms with Gasteiger partial charge in [-0.1, -0.05) is 24.3 Å². The molecule has 1 aliphatic heterocycles. The van der Waals surface area contributed by atoms with Crippen molar-refractivity contribution in [1.82, 2.24) is 10.2 Å². The first-order valence-corrected chi connectivity index (χ1v) is 6.91. The van der Waals surface area contributed by atoms with Gasteiger partial charge >= 0.3 is 5.97 Å². The summed E-state index contributed by atoms with van der Waals surface area (Å²) in [6, 6.07) is 7.58. The van der Waals surface area contributed by atoms with Crippen LogP contribution in [0.2, 0.25) is 0 Å². The van der Waals surface area contributed by atoms with Crippen LogP contribution in [-0.4, -0.2) is 54.7 Å². The molecule has 114 valence electrons. The molecule has 0 unspecified atom stereocenters. The first-order valence-electron chi connectivity index (χ1n) is 6.91. The molecule has 0 spiro atoms. The lowest BCUT2D eigenvalue weighted by atomic mass is 9.95. The average molecular weight is 292 g/mol. The zero-order valence-corrected chi connectivity index (χ0v) is 12.0. The zero-order chi connectivity index (χ0) is 15.2. The monoisotopic (exact) mass is 292 g/mol. The molecule has 1 aliphatic rings. The molecule has 1 aromatic rings. The number of hydrogen-bond acceptors (Lipinski definition) is 4. The van der Waals surface area contributed by atoms with E-state index >= 15 is 0 Å². The van der Waals surface area contributed by atoms with Crippen molar-refractivity contribution in [2.45, 2.75) is 19.0 Å². The van der Waals surface area contributed by atoms with Crippen LogP contribution < -0.4 is 5.32 Å². The smallest absolute Gasteiger partial charge is 0.323 e. The summed E-state index contributed by atoms with van der Waals surface area (Å²) in [6.45, 7) is 0.920. The third kappa shape index (κ3) is 4.03. The number of amides is 1. The van der Waals surface area contributed by atoms with E-state index in [0.717, 1.165) is 5.56 Å². The first kappa shape index (κ1) is 15.5. The van der Waals surface area contributed by atoms with Gasteiger partial charge in [0.1, 0.15) is 6.54 Å². The number of nitrogens with zero attached hydrogens (tertiary/aromatic N) is 1. The molecule has 2 rings (SSSR count). The first-order chi connectivity index (χ1) is 10.1. The fourth-order valence-electron chi connectivity index (χ4n) is 2.48. The van der Waals surface area contributed by atoms with Gasteiger partial charge in [-0.15, -0.1) is 0 Å². The number of fused-ring (bicyclic) bond motifs is 1. The summed E-state index contributed by atoms with van der Waals surface area (Å²) in [5, 5.41) is 12.1. The van der Waals surface area contributed by atoms with Crippen LogP contribution in [-0.2, 0) is 27.3 Å². The van der Waals surface area contributed by atoms with Crippen molar-refractivity contribution < 1.29 is 19.4 Å². The van der Waals surface area contributed by atoms with Gasteiger partial charge in [0.2, 0.25) is 5.91 Å². The maximum atomic E-state index is 12.5. The van der Waals surface area contributed by atoms with E-state index in [9.17, 15) is 9.59 Å². The van der Waals surface area contributed by atoms with Crippen molar-refractivity contribution in [2.75, 3.05) is 26.8 Å². The maximum absolute atomic E-state index is 12.5. The summed E-state index contributed by atoms with van der Waals surface area (Å²) in [6.07, 6.45) is 0.581. The number of carbonyl (C=O) groups excluding carboxylic acids is 1. The molecular weight excluding hydrogens is 272 g/mol. The summed E-state index contributed by atoms with van der Waals surface area (Å²) in [5.41, 5.74) is 2.32. The van der Waals surface area contributed by atoms with E-state index in [4.69, 9.17) is 9.84 Å². The second-order valence-electron chi connectivity index (χ2n) is 5.05. The minimum Gasteiger partial charge on any atom is -0.480 e. The molecule has 0 saturated carbocycles. The third-order valence-electron chi connectivity index (χ3n) is 3.58. The van der Waals surface area contributed by atoms with Gasteiger partial charge in [0.25, 0.3) is 0 Å². The van der Waals surface area contributed by atoms with Gasteiger partial charge < -0.3 is 20.1 Å².